The Balaban J connectivity index is 1.75. The largest absolute Gasteiger partial charge is 0.465 e. The number of likely N-dealkylation sites (tertiary alicyclic amines) is 2. The van der Waals surface area contributed by atoms with Crippen LogP contribution in [0, 0.1) is 5.41 Å². The van der Waals surface area contributed by atoms with Crippen LogP contribution in [0.5, 0.6) is 0 Å². The molecule has 0 bridgehead atoms. The number of hydrogen-bond acceptors (Lipinski definition) is 4. The Labute approximate surface area is 122 Å². The molecule has 7 nitrogen and oxygen atoms in total. The quantitative estimate of drug-likeness (QED) is 0.723. The highest BCUT2D eigenvalue weighted by atomic mass is 16.5. The molecule has 2 fully saturated rings. The van der Waals surface area contributed by atoms with Crippen molar-refractivity contribution in [1.82, 2.24) is 9.80 Å². The van der Waals surface area contributed by atoms with Crippen LogP contribution >= 0.6 is 0 Å². The molecule has 0 aromatic carbocycles. The van der Waals surface area contributed by atoms with Gasteiger partial charge in [0.25, 0.3) is 0 Å². The molecule has 0 aliphatic carbocycles. The first-order valence-corrected chi connectivity index (χ1v) is 7.19. The Hall–Kier alpha value is -2.05. The van der Waals surface area contributed by atoms with Crippen molar-refractivity contribution >= 4 is 18.0 Å². The third-order valence-electron chi connectivity index (χ3n) is 4.72. The minimum Gasteiger partial charge on any atom is -0.465 e. The number of rotatable bonds is 1. The molecule has 21 heavy (non-hydrogen) atoms. The van der Waals surface area contributed by atoms with E-state index < -0.39 is 17.5 Å². The van der Waals surface area contributed by atoms with Gasteiger partial charge in [0, 0.05) is 25.7 Å². The van der Waals surface area contributed by atoms with Crippen molar-refractivity contribution in [3.8, 4) is 0 Å². The summed E-state index contributed by atoms with van der Waals surface area (Å²) in [6, 6.07) is 0. The van der Waals surface area contributed by atoms with Crippen LogP contribution in [-0.4, -0.2) is 59.1 Å². The number of ether oxygens (including phenoxy) is 1. The number of carbonyl (C=O) groups is 3. The number of piperidine rings is 2. The van der Waals surface area contributed by atoms with Crippen molar-refractivity contribution in [2.75, 3.05) is 26.2 Å². The highest BCUT2D eigenvalue weighted by Gasteiger charge is 2.47. The lowest BCUT2D eigenvalue weighted by atomic mass is 9.71. The van der Waals surface area contributed by atoms with E-state index in [0.717, 1.165) is 12.8 Å². The molecule has 2 amide bonds. The first kappa shape index (κ1) is 13.9. The Morgan fingerprint density at radius 3 is 2.48 bits per heavy atom. The third-order valence-corrected chi connectivity index (χ3v) is 4.72. The third kappa shape index (κ3) is 2.36. The van der Waals surface area contributed by atoms with Gasteiger partial charge in [-0.05, 0) is 25.7 Å². The molecule has 0 saturated carbocycles. The van der Waals surface area contributed by atoms with Crippen LogP contribution in [0.3, 0.4) is 0 Å². The molecule has 0 atom stereocenters. The number of nitrogens with zero attached hydrogens (tertiary/aromatic N) is 2. The maximum Gasteiger partial charge on any atom is 0.407 e. The van der Waals surface area contributed by atoms with Gasteiger partial charge >= 0.3 is 12.1 Å². The van der Waals surface area contributed by atoms with E-state index in [9.17, 15) is 14.4 Å². The Morgan fingerprint density at radius 2 is 1.90 bits per heavy atom. The molecule has 3 rings (SSSR count). The molecule has 0 aromatic rings. The fourth-order valence-corrected chi connectivity index (χ4v) is 3.45. The first-order chi connectivity index (χ1) is 10.0. The van der Waals surface area contributed by atoms with Gasteiger partial charge < -0.3 is 19.6 Å². The Bertz CT molecular complexity index is 519. The number of carbonyl (C=O) groups excluding carboxylic acids is 2. The molecule has 0 aromatic heterocycles. The number of carboxylic acid groups (broad SMARTS) is 1. The fraction of sp³-hybridized carbons (Fsp3) is 0.643. The van der Waals surface area contributed by atoms with Gasteiger partial charge in [-0.25, -0.2) is 9.59 Å². The minimum atomic E-state index is -0.928. The monoisotopic (exact) mass is 294 g/mol. The summed E-state index contributed by atoms with van der Waals surface area (Å²) >= 11 is 0. The standard InChI is InChI=1S/C14H18N2O5/c17-11-8-10(9-21-11)16-5-1-2-14(12(16)18)3-6-15(7-4-14)13(19)20/h8H,1-7,9H2,(H,19,20). The van der Waals surface area contributed by atoms with E-state index in [1.54, 1.807) is 4.90 Å². The van der Waals surface area contributed by atoms with Gasteiger partial charge in [-0.2, -0.15) is 0 Å². The van der Waals surface area contributed by atoms with E-state index in [1.165, 1.54) is 11.0 Å². The lowest BCUT2D eigenvalue weighted by Gasteiger charge is -2.45. The maximum absolute atomic E-state index is 12.8. The normalized spacial score (nSPS) is 25.0. The van der Waals surface area contributed by atoms with Gasteiger partial charge in [-0.1, -0.05) is 0 Å². The second-order valence-electron chi connectivity index (χ2n) is 5.85. The summed E-state index contributed by atoms with van der Waals surface area (Å²) in [5.74, 6) is -0.388. The molecule has 3 aliphatic heterocycles. The van der Waals surface area contributed by atoms with Gasteiger partial charge in [0.1, 0.15) is 6.61 Å². The second-order valence-corrected chi connectivity index (χ2v) is 5.85. The van der Waals surface area contributed by atoms with Crippen molar-refractivity contribution in [2.45, 2.75) is 25.7 Å². The fourth-order valence-electron chi connectivity index (χ4n) is 3.45. The molecule has 1 N–H and O–H groups in total. The molecular formula is C14H18N2O5. The van der Waals surface area contributed by atoms with Gasteiger partial charge in [0.2, 0.25) is 5.91 Å². The van der Waals surface area contributed by atoms with Crippen molar-refractivity contribution < 1.29 is 24.2 Å². The van der Waals surface area contributed by atoms with Crippen LogP contribution in [-0.2, 0) is 14.3 Å². The highest BCUT2D eigenvalue weighted by molar-refractivity contribution is 5.90. The van der Waals surface area contributed by atoms with Gasteiger partial charge in [0.15, 0.2) is 0 Å². The lowest BCUT2D eigenvalue weighted by Crippen LogP contribution is -2.54. The number of amides is 2. The van der Waals surface area contributed by atoms with Crippen molar-refractivity contribution in [3.05, 3.63) is 11.8 Å². The van der Waals surface area contributed by atoms with E-state index in [4.69, 9.17) is 9.84 Å². The second kappa shape index (κ2) is 5.05. The van der Waals surface area contributed by atoms with Crippen LogP contribution in [0.2, 0.25) is 0 Å². The van der Waals surface area contributed by atoms with Crippen LogP contribution in [0.25, 0.3) is 0 Å². The van der Waals surface area contributed by atoms with Gasteiger partial charge in [-0.3, -0.25) is 4.79 Å². The Morgan fingerprint density at radius 1 is 1.19 bits per heavy atom. The molecule has 0 radical (unpaired) electrons. The van der Waals surface area contributed by atoms with Crippen molar-refractivity contribution in [1.29, 1.82) is 0 Å². The minimum absolute atomic E-state index is 0.0170. The maximum atomic E-state index is 12.8. The predicted molar refractivity (Wildman–Crippen MR) is 71.3 cm³/mol. The summed E-state index contributed by atoms with van der Waals surface area (Å²) in [6.07, 6.45) is 3.21. The number of esters is 1. The topological polar surface area (TPSA) is 87.2 Å². The van der Waals surface area contributed by atoms with E-state index in [1.807, 2.05) is 0 Å². The lowest BCUT2D eigenvalue weighted by molar-refractivity contribution is -0.148. The van der Waals surface area contributed by atoms with Gasteiger partial charge in [-0.15, -0.1) is 0 Å². The smallest absolute Gasteiger partial charge is 0.407 e. The van der Waals surface area contributed by atoms with Crippen LogP contribution in [0.15, 0.2) is 11.8 Å². The zero-order valence-electron chi connectivity index (χ0n) is 11.7. The van der Waals surface area contributed by atoms with Crippen molar-refractivity contribution in [3.63, 3.8) is 0 Å². The van der Waals surface area contributed by atoms with E-state index in [2.05, 4.69) is 0 Å². The van der Waals surface area contributed by atoms with E-state index in [0.29, 0.717) is 38.2 Å². The summed E-state index contributed by atoms with van der Waals surface area (Å²) < 4.78 is 4.88. The van der Waals surface area contributed by atoms with Crippen molar-refractivity contribution in [2.24, 2.45) is 5.41 Å². The SMILES string of the molecule is O=C1C=C(N2CCCC3(CCN(C(=O)O)CC3)C2=O)CO1. The molecule has 0 unspecified atom stereocenters. The molecule has 114 valence electrons. The molecule has 3 aliphatic rings. The molecule has 2 saturated heterocycles. The Kier molecular flexibility index (Phi) is 3.35. The molecule has 7 heteroatoms. The molecular weight excluding hydrogens is 276 g/mol. The van der Waals surface area contributed by atoms with E-state index >= 15 is 0 Å². The summed E-state index contributed by atoms with van der Waals surface area (Å²) in [4.78, 5) is 38.0. The van der Waals surface area contributed by atoms with Crippen LogP contribution in [0.1, 0.15) is 25.7 Å². The number of cyclic esters (lactones) is 1. The number of hydrogen-bond donors (Lipinski definition) is 1. The zero-order valence-corrected chi connectivity index (χ0v) is 11.7. The van der Waals surface area contributed by atoms with Gasteiger partial charge in [0.05, 0.1) is 11.1 Å². The summed E-state index contributed by atoms with van der Waals surface area (Å²) in [6.45, 7) is 1.54. The summed E-state index contributed by atoms with van der Waals surface area (Å²) in [7, 11) is 0. The first-order valence-electron chi connectivity index (χ1n) is 7.19. The zero-order chi connectivity index (χ0) is 15.0. The van der Waals surface area contributed by atoms with Crippen LogP contribution in [0.4, 0.5) is 4.79 Å². The highest BCUT2D eigenvalue weighted by Crippen LogP contribution is 2.42. The predicted octanol–water partition coefficient (Wildman–Crippen LogP) is 0.810. The average molecular weight is 294 g/mol. The molecule has 1 spiro atoms. The summed E-state index contributed by atoms with van der Waals surface area (Å²) in [5, 5.41) is 9.01. The van der Waals surface area contributed by atoms with Crippen LogP contribution < -0.4 is 0 Å². The summed E-state index contributed by atoms with van der Waals surface area (Å²) in [5.41, 5.74) is 0.154. The molecule has 3 heterocycles. The average Bonchev–Trinajstić information content (AvgIpc) is 2.89. The van der Waals surface area contributed by atoms with E-state index in [-0.39, 0.29) is 12.5 Å².